The fourth-order valence-electron chi connectivity index (χ4n) is 1.35. The molecule has 2 heterocycles. The molecule has 0 aliphatic carbocycles. The molecule has 68 valence electrons. The van der Waals surface area contributed by atoms with E-state index >= 15 is 0 Å². The van der Waals surface area contributed by atoms with Gasteiger partial charge in [-0.05, 0) is 0 Å². The molecule has 5 heteroatoms. The van der Waals surface area contributed by atoms with Gasteiger partial charge in [0.1, 0.15) is 12.5 Å². The summed E-state index contributed by atoms with van der Waals surface area (Å²) < 4.78 is 10.7. The molecule has 0 amide bonds. The van der Waals surface area contributed by atoms with Gasteiger partial charge in [0.15, 0.2) is 0 Å². The minimum atomic E-state index is -0.101. The molecule has 0 aromatic rings. The highest BCUT2D eigenvalue weighted by Crippen LogP contribution is 2.06. The molecule has 0 bridgehead atoms. The zero-order valence-electron chi connectivity index (χ0n) is 6.71. The van der Waals surface area contributed by atoms with Crippen molar-refractivity contribution in [2.75, 3.05) is 26.3 Å². The Kier molecular flexibility index (Phi) is 2.67. The lowest BCUT2D eigenvalue weighted by Crippen LogP contribution is -2.43. The molecule has 2 saturated heterocycles. The summed E-state index contributed by atoms with van der Waals surface area (Å²) in [6.45, 7) is 3.21. The molecule has 2 rings (SSSR count). The molecule has 2 aliphatic heterocycles. The Morgan fingerprint density at radius 2 is 1.58 bits per heavy atom. The average molecular weight is 188 g/mol. The lowest BCUT2D eigenvalue weighted by molar-refractivity contribution is 0.117. The minimum Gasteiger partial charge on any atom is -0.357 e. The maximum atomic E-state index is 5.35. The lowest BCUT2D eigenvalue weighted by Gasteiger charge is -2.16. The van der Waals surface area contributed by atoms with E-state index in [1.807, 2.05) is 0 Å². The number of nitrogens with one attached hydrogen (secondary N) is 2. The third kappa shape index (κ3) is 1.65. The van der Waals surface area contributed by atoms with Gasteiger partial charge in [0.05, 0.1) is 18.1 Å². The summed E-state index contributed by atoms with van der Waals surface area (Å²) in [7, 11) is 0. The van der Waals surface area contributed by atoms with Crippen molar-refractivity contribution < 1.29 is 9.47 Å². The van der Waals surface area contributed by atoms with Crippen molar-refractivity contribution in [1.82, 2.24) is 10.6 Å². The maximum absolute atomic E-state index is 5.35. The first-order valence-corrected chi connectivity index (χ1v) is 4.52. The third-order valence-corrected chi connectivity index (χ3v) is 2.38. The predicted molar refractivity (Wildman–Crippen MR) is 48.1 cm³/mol. The van der Waals surface area contributed by atoms with Crippen LogP contribution >= 0.6 is 12.2 Å². The fourth-order valence-corrected chi connectivity index (χ4v) is 1.66. The summed E-state index contributed by atoms with van der Waals surface area (Å²) in [6, 6.07) is 0. The van der Waals surface area contributed by atoms with Crippen LogP contribution in [0, 0.1) is 0 Å². The topological polar surface area (TPSA) is 42.5 Å². The number of hydrogen-bond acceptors (Lipinski definition) is 5. The van der Waals surface area contributed by atoms with Crippen molar-refractivity contribution in [2.45, 2.75) is 12.5 Å². The van der Waals surface area contributed by atoms with Gasteiger partial charge in [-0.15, -0.1) is 0 Å². The van der Waals surface area contributed by atoms with Gasteiger partial charge in [-0.25, -0.2) is 0 Å². The molecular formula is C7H12N2O2S. The maximum Gasteiger partial charge on any atom is 0.144 e. The van der Waals surface area contributed by atoms with Crippen LogP contribution < -0.4 is 10.6 Å². The summed E-state index contributed by atoms with van der Waals surface area (Å²) in [5.74, 6) is 0. The average Bonchev–Trinajstić information content (AvgIpc) is 2.77. The van der Waals surface area contributed by atoms with Gasteiger partial charge in [0.25, 0.3) is 0 Å². The quantitative estimate of drug-likeness (QED) is 0.558. The molecule has 0 spiro atoms. The second-order valence-electron chi connectivity index (χ2n) is 2.81. The minimum absolute atomic E-state index is 0.101. The molecule has 0 radical (unpaired) electrons. The van der Waals surface area contributed by atoms with Crippen LogP contribution in [0.25, 0.3) is 0 Å². The van der Waals surface area contributed by atoms with E-state index in [-0.39, 0.29) is 12.5 Å². The van der Waals surface area contributed by atoms with Gasteiger partial charge < -0.3 is 9.47 Å². The first-order valence-electron chi connectivity index (χ1n) is 4.11. The van der Waals surface area contributed by atoms with Gasteiger partial charge in [-0.2, -0.15) is 0 Å². The van der Waals surface area contributed by atoms with Crippen LogP contribution in [0.3, 0.4) is 0 Å². The van der Waals surface area contributed by atoms with E-state index < -0.39 is 0 Å². The zero-order valence-corrected chi connectivity index (χ0v) is 7.52. The predicted octanol–water partition coefficient (Wildman–Crippen LogP) is -0.752. The van der Waals surface area contributed by atoms with E-state index in [0.29, 0.717) is 0 Å². The van der Waals surface area contributed by atoms with Crippen molar-refractivity contribution in [1.29, 1.82) is 0 Å². The van der Waals surface area contributed by atoms with Crippen molar-refractivity contribution >= 4 is 17.1 Å². The second kappa shape index (κ2) is 3.76. The zero-order chi connectivity index (χ0) is 8.39. The highest BCUT2D eigenvalue weighted by molar-refractivity contribution is 7.80. The molecule has 0 aromatic carbocycles. The molecule has 0 aromatic heterocycles. The highest BCUT2D eigenvalue weighted by atomic mass is 32.1. The first-order chi connectivity index (χ1) is 5.88. The van der Waals surface area contributed by atoms with E-state index in [1.54, 1.807) is 0 Å². The monoisotopic (exact) mass is 188 g/mol. The Balaban J connectivity index is 1.89. The van der Waals surface area contributed by atoms with Crippen molar-refractivity contribution in [2.24, 2.45) is 0 Å². The van der Waals surface area contributed by atoms with Crippen molar-refractivity contribution in [3.63, 3.8) is 0 Å². The van der Waals surface area contributed by atoms with E-state index in [0.717, 1.165) is 31.2 Å². The van der Waals surface area contributed by atoms with Crippen LogP contribution in [0.1, 0.15) is 0 Å². The number of thiocarbonyl (C=S) groups is 1. The van der Waals surface area contributed by atoms with Gasteiger partial charge in [-0.3, -0.25) is 10.6 Å². The Hall–Kier alpha value is -0.0700. The third-order valence-electron chi connectivity index (χ3n) is 1.95. The standard InChI is InChI=1S/C7H12N2O2S/c12-5(6-8-1-3-10-6)7-9-2-4-11-7/h6-9H,1-4H2. The normalized spacial score (nSPS) is 35.7. The van der Waals surface area contributed by atoms with E-state index in [9.17, 15) is 0 Å². The second-order valence-corrected chi connectivity index (χ2v) is 3.28. The molecular weight excluding hydrogens is 176 g/mol. The van der Waals surface area contributed by atoms with Crippen LogP contribution in [0.4, 0.5) is 0 Å². The van der Waals surface area contributed by atoms with Crippen LogP contribution in [0.15, 0.2) is 0 Å². The molecule has 2 unspecified atom stereocenters. The highest BCUT2D eigenvalue weighted by Gasteiger charge is 2.28. The summed E-state index contributed by atoms with van der Waals surface area (Å²) in [5.41, 5.74) is 0. The van der Waals surface area contributed by atoms with E-state index in [2.05, 4.69) is 10.6 Å². The SMILES string of the molecule is S=C(C1NCCO1)C1NCCO1. The van der Waals surface area contributed by atoms with E-state index in [1.165, 1.54) is 0 Å². The van der Waals surface area contributed by atoms with Gasteiger partial charge in [0.2, 0.25) is 0 Å². The molecule has 2 fully saturated rings. The van der Waals surface area contributed by atoms with Crippen LogP contribution in [-0.2, 0) is 9.47 Å². The van der Waals surface area contributed by atoms with Crippen LogP contribution in [-0.4, -0.2) is 43.6 Å². The summed E-state index contributed by atoms with van der Waals surface area (Å²) >= 11 is 5.20. The van der Waals surface area contributed by atoms with Crippen molar-refractivity contribution in [3.05, 3.63) is 0 Å². The largest absolute Gasteiger partial charge is 0.357 e. The lowest BCUT2D eigenvalue weighted by atomic mass is 10.3. The fraction of sp³-hybridized carbons (Fsp3) is 0.857. The summed E-state index contributed by atoms with van der Waals surface area (Å²) in [5, 5.41) is 6.30. The van der Waals surface area contributed by atoms with Crippen LogP contribution in [0.5, 0.6) is 0 Å². The number of hydrogen-bond donors (Lipinski definition) is 2. The van der Waals surface area contributed by atoms with Crippen LogP contribution in [0.2, 0.25) is 0 Å². The van der Waals surface area contributed by atoms with Gasteiger partial charge in [-0.1, -0.05) is 12.2 Å². The van der Waals surface area contributed by atoms with Gasteiger partial charge >= 0.3 is 0 Å². The molecule has 2 N–H and O–H groups in total. The summed E-state index contributed by atoms with van der Waals surface area (Å²) in [6.07, 6.45) is -0.203. The Labute approximate surface area is 76.6 Å². The molecule has 2 aliphatic rings. The smallest absolute Gasteiger partial charge is 0.144 e. The molecule has 2 atom stereocenters. The molecule has 4 nitrogen and oxygen atoms in total. The Morgan fingerprint density at radius 3 is 1.92 bits per heavy atom. The molecule has 0 saturated carbocycles. The Morgan fingerprint density at radius 1 is 1.08 bits per heavy atom. The van der Waals surface area contributed by atoms with E-state index in [4.69, 9.17) is 21.7 Å². The molecule has 12 heavy (non-hydrogen) atoms. The number of ether oxygens (including phenoxy) is 2. The Bertz CT molecular complexity index is 158. The number of rotatable bonds is 2. The first kappa shape index (κ1) is 8.52. The van der Waals surface area contributed by atoms with Crippen molar-refractivity contribution in [3.8, 4) is 0 Å². The van der Waals surface area contributed by atoms with Gasteiger partial charge in [0, 0.05) is 13.1 Å². The summed E-state index contributed by atoms with van der Waals surface area (Å²) in [4.78, 5) is 0.782.